The van der Waals surface area contributed by atoms with Gasteiger partial charge in [0.1, 0.15) is 10.7 Å². The summed E-state index contributed by atoms with van der Waals surface area (Å²) in [5.74, 6) is -1.10. The SMILES string of the molecule is O=C(O)c1ccc2nc(Cl)cnc2c1Cl. The van der Waals surface area contributed by atoms with Crippen LogP contribution < -0.4 is 0 Å². The number of hydrogen-bond acceptors (Lipinski definition) is 3. The first kappa shape index (κ1) is 10.1. The van der Waals surface area contributed by atoms with Crippen molar-refractivity contribution in [3.8, 4) is 0 Å². The zero-order chi connectivity index (χ0) is 11.0. The number of halogens is 2. The molecular weight excluding hydrogens is 239 g/mol. The topological polar surface area (TPSA) is 63.1 Å². The van der Waals surface area contributed by atoms with E-state index in [4.69, 9.17) is 28.3 Å². The number of hydrogen-bond donors (Lipinski definition) is 1. The minimum Gasteiger partial charge on any atom is -0.478 e. The second kappa shape index (κ2) is 3.64. The normalized spacial score (nSPS) is 10.5. The van der Waals surface area contributed by atoms with Gasteiger partial charge in [-0.25, -0.2) is 14.8 Å². The van der Waals surface area contributed by atoms with Gasteiger partial charge in [-0.1, -0.05) is 23.2 Å². The third-order valence-electron chi connectivity index (χ3n) is 1.85. The van der Waals surface area contributed by atoms with Gasteiger partial charge < -0.3 is 5.11 Å². The van der Waals surface area contributed by atoms with Crippen molar-refractivity contribution in [2.75, 3.05) is 0 Å². The molecule has 1 heterocycles. The molecule has 0 radical (unpaired) electrons. The molecule has 6 heteroatoms. The molecule has 4 nitrogen and oxygen atoms in total. The van der Waals surface area contributed by atoms with Crippen molar-refractivity contribution in [2.24, 2.45) is 0 Å². The number of carboxylic acids is 1. The van der Waals surface area contributed by atoms with Crippen LogP contribution in [0, 0.1) is 0 Å². The van der Waals surface area contributed by atoms with Crippen molar-refractivity contribution >= 4 is 40.2 Å². The summed E-state index contributed by atoms with van der Waals surface area (Å²) in [7, 11) is 0. The summed E-state index contributed by atoms with van der Waals surface area (Å²) in [6.45, 7) is 0. The van der Waals surface area contributed by atoms with Crippen LogP contribution in [0.1, 0.15) is 10.4 Å². The number of rotatable bonds is 1. The molecule has 0 bridgehead atoms. The molecule has 2 rings (SSSR count). The van der Waals surface area contributed by atoms with Crippen LogP contribution >= 0.6 is 23.2 Å². The maximum absolute atomic E-state index is 10.8. The Bertz CT molecular complexity index is 557. The minimum atomic E-state index is -1.10. The number of nitrogens with zero attached hydrogens (tertiary/aromatic N) is 2. The highest BCUT2D eigenvalue weighted by Crippen LogP contribution is 2.25. The van der Waals surface area contributed by atoms with Crippen LogP contribution in [0.2, 0.25) is 10.2 Å². The van der Waals surface area contributed by atoms with E-state index in [0.717, 1.165) is 0 Å². The molecule has 76 valence electrons. The van der Waals surface area contributed by atoms with Crippen LogP contribution in [-0.4, -0.2) is 21.0 Å². The van der Waals surface area contributed by atoms with Crippen LogP contribution in [0.4, 0.5) is 0 Å². The maximum atomic E-state index is 10.8. The lowest BCUT2D eigenvalue weighted by Gasteiger charge is -2.02. The van der Waals surface area contributed by atoms with Gasteiger partial charge in [-0.2, -0.15) is 0 Å². The van der Waals surface area contributed by atoms with Crippen molar-refractivity contribution < 1.29 is 9.90 Å². The van der Waals surface area contributed by atoms with Gasteiger partial charge in [0.25, 0.3) is 0 Å². The molecule has 2 aromatic rings. The van der Waals surface area contributed by atoms with Gasteiger partial charge in [0, 0.05) is 0 Å². The molecule has 0 atom stereocenters. The van der Waals surface area contributed by atoms with Crippen molar-refractivity contribution in [3.63, 3.8) is 0 Å². The molecular formula is C9H4Cl2N2O2. The van der Waals surface area contributed by atoms with Crippen molar-refractivity contribution in [1.82, 2.24) is 9.97 Å². The monoisotopic (exact) mass is 242 g/mol. The summed E-state index contributed by atoms with van der Waals surface area (Å²) >= 11 is 11.5. The molecule has 0 saturated heterocycles. The van der Waals surface area contributed by atoms with E-state index in [2.05, 4.69) is 9.97 Å². The number of carboxylic acid groups (broad SMARTS) is 1. The third kappa shape index (κ3) is 1.73. The third-order valence-corrected chi connectivity index (χ3v) is 2.42. The lowest BCUT2D eigenvalue weighted by molar-refractivity contribution is 0.0697. The highest BCUT2D eigenvalue weighted by Gasteiger charge is 2.13. The smallest absolute Gasteiger partial charge is 0.337 e. The average Bonchev–Trinajstić information content (AvgIpc) is 2.17. The predicted octanol–water partition coefficient (Wildman–Crippen LogP) is 2.63. The molecule has 0 unspecified atom stereocenters. The van der Waals surface area contributed by atoms with Crippen LogP contribution in [0.3, 0.4) is 0 Å². The minimum absolute atomic E-state index is 0.000731. The summed E-state index contributed by atoms with van der Waals surface area (Å²) in [4.78, 5) is 18.7. The zero-order valence-electron chi connectivity index (χ0n) is 7.24. The molecule has 0 saturated carbocycles. The molecule has 0 aliphatic rings. The average molecular weight is 243 g/mol. The van der Waals surface area contributed by atoms with E-state index in [1.54, 1.807) is 0 Å². The molecule has 1 N–H and O–H groups in total. The number of carbonyl (C=O) groups is 1. The van der Waals surface area contributed by atoms with Gasteiger partial charge in [0.05, 0.1) is 22.3 Å². The molecule has 1 aromatic carbocycles. The highest BCUT2D eigenvalue weighted by molar-refractivity contribution is 6.38. The van der Waals surface area contributed by atoms with Gasteiger partial charge in [-0.05, 0) is 12.1 Å². The Morgan fingerprint density at radius 1 is 1.33 bits per heavy atom. The first-order valence-corrected chi connectivity index (χ1v) is 4.69. The van der Waals surface area contributed by atoms with Gasteiger partial charge in [-0.15, -0.1) is 0 Å². The Morgan fingerprint density at radius 2 is 2.07 bits per heavy atom. The second-order valence-electron chi connectivity index (χ2n) is 2.79. The Balaban J connectivity index is 2.80. The van der Waals surface area contributed by atoms with E-state index in [-0.39, 0.29) is 15.7 Å². The zero-order valence-corrected chi connectivity index (χ0v) is 8.75. The Kier molecular flexibility index (Phi) is 2.46. The van der Waals surface area contributed by atoms with Crippen molar-refractivity contribution in [3.05, 3.63) is 34.1 Å². The summed E-state index contributed by atoms with van der Waals surface area (Å²) in [5.41, 5.74) is 0.805. The molecule has 0 aliphatic heterocycles. The molecule has 1 aromatic heterocycles. The number of fused-ring (bicyclic) bond motifs is 1. The largest absolute Gasteiger partial charge is 0.478 e. The number of benzene rings is 1. The summed E-state index contributed by atoms with van der Waals surface area (Å²) in [5, 5.41) is 9.13. The van der Waals surface area contributed by atoms with E-state index in [9.17, 15) is 4.79 Å². The van der Waals surface area contributed by atoms with Gasteiger partial charge in [0.2, 0.25) is 0 Å². The summed E-state index contributed by atoms with van der Waals surface area (Å²) in [6, 6.07) is 2.89. The number of aromatic carboxylic acids is 1. The molecule has 0 fully saturated rings. The lowest BCUT2D eigenvalue weighted by Crippen LogP contribution is -1.98. The van der Waals surface area contributed by atoms with Crippen LogP contribution in [0.25, 0.3) is 11.0 Å². The van der Waals surface area contributed by atoms with E-state index in [1.807, 2.05) is 0 Å². The van der Waals surface area contributed by atoms with Gasteiger partial charge in [0.15, 0.2) is 0 Å². The standard InChI is InChI=1S/C9H4Cl2N2O2/c10-6-3-12-8-5(13-6)2-1-4(7(8)11)9(14)15/h1-3H,(H,14,15). The van der Waals surface area contributed by atoms with Crippen molar-refractivity contribution in [2.45, 2.75) is 0 Å². The van der Waals surface area contributed by atoms with E-state index in [0.29, 0.717) is 11.0 Å². The number of aromatic nitrogens is 2. The summed E-state index contributed by atoms with van der Waals surface area (Å²) in [6.07, 6.45) is 1.32. The van der Waals surface area contributed by atoms with E-state index in [1.165, 1.54) is 18.3 Å². The second-order valence-corrected chi connectivity index (χ2v) is 3.56. The molecule has 0 spiro atoms. The Morgan fingerprint density at radius 3 is 2.73 bits per heavy atom. The van der Waals surface area contributed by atoms with Crippen LogP contribution in [0.5, 0.6) is 0 Å². The summed E-state index contributed by atoms with van der Waals surface area (Å²) < 4.78 is 0. The van der Waals surface area contributed by atoms with Crippen molar-refractivity contribution in [1.29, 1.82) is 0 Å². The van der Waals surface area contributed by atoms with E-state index >= 15 is 0 Å². The van der Waals surface area contributed by atoms with E-state index < -0.39 is 5.97 Å². The quantitative estimate of drug-likeness (QED) is 0.836. The first-order valence-electron chi connectivity index (χ1n) is 3.93. The first-order chi connectivity index (χ1) is 7.09. The van der Waals surface area contributed by atoms with Gasteiger partial charge >= 0.3 is 5.97 Å². The fraction of sp³-hybridized carbons (Fsp3) is 0. The Hall–Kier alpha value is -1.39. The lowest BCUT2D eigenvalue weighted by atomic mass is 10.2. The highest BCUT2D eigenvalue weighted by atomic mass is 35.5. The molecule has 0 aliphatic carbocycles. The van der Waals surface area contributed by atoms with Crippen LogP contribution in [-0.2, 0) is 0 Å². The van der Waals surface area contributed by atoms with Crippen LogP contribution in [0.15, 0.2) is 18.3 Å². The fourth-order valence-corrected chi connectivity index (χ4v) is 1.62. The maximum Gasteiger partial charge on any atom is 0.337 e. The molecule has 15 heavy (non-hydrogen) atoms. The Labute approximate surface area is 94.5 Å². The predicted molar refractivity (Wildman–Crippen MR) is 56.5 cm³/mol. The fourth-order valence-electron chi connectivity index (χ4n) is 1.19. The molecule has 0 amide bonds. The van der Waals surface area contributed by atoms with Gasteiger partial charge in [-0.3, -0.25) is 0 Å².